The van der Waals surface area contributed by atoms with Crippen molar-refractivity contribution in [2.45, 2.75) is 31.6 Å². The third-order valence-electron chi connectivity index (χ3n) is 6.27. The van der Waals surface area contributed by atoms with Gasteiger partial charge in [0.05, 0.1) is 12.1 Å². The Morgan fingerprint density at radius 2 is 1.94 bits per heavy atom. The van der Waals surface area contributed by atoms with Crippen molar-refractivity contribution in [2.75, 3.05) is 32.9 Å². The van der Waals surface area contributed by atoms with Gasteiger partial charge in [0.2, 0.25) is 0 Å². The zero-order valence-electron chi connectivity index (χ0n) is 19.8. The van der Waals surface area contributed by atoms with E-state index < -0.39 is 12.2 Å². The summed E-state index contributed by atoms with van der Waals surface area (Å²) in [4.78, 5) is 6.09. The lowest BCUT2D eigenvalue weighted by molar-refractivity contribution is -0.183. The van der Waals surface area contributed by atoms with Gasteiger partial charge in [0, 0.05) is 43.4 Å². The van der Waals surface area contributed by atoms with Gasteiger partial charge in [-0.25, -0.2) is 4.98 Å². The minimum Gasteiger partial charge on any atom is -0.491 e. The zero-order chi connectivity index (χ0) is 25.3. The lowest BCUT2D eigenvalue weighted by Gasteiger charge is -2.30. The number of likely N-dealkylation sites (tertiary alicyclic amines) is 1. The molecule has 1 aliphatic heterocycles. The minimum absolute atomic E-state index is 0.107. The van der Waals surface area contributed by atoms with E-state index in [9.17, 15) is 13.2 Å². The number of pyridine rings is 2. The number of rotatable bonds is 8. The Labute approximate surface area is 205 Å². The van der Waals surface area contributed by atoms with Crippen LogP contribution < -0.4 is 10.5 Å². The molecule has 0 bridgehead atoms. The van der Waals surface area contributed by atoms with E-state index in [1.54, 1.807) is 16.5 Å². The summed E-state index contributed by atoms with van der Waals surface area (Å²) in [5.74, 6) is 1.01. The SMILES string of the molecule is CCOCCOc1ccc2ccc(-c3nnc4ccc(C(N5CCC(N)C5)C(F)(F)F)cn34)nc2c1. The highest BCUT2D eigenvalue weighted by molar-refractivity contribution is 5.82. The van der Waals surface area contributed by atoms with Crippen molar-refractivity contribution in [1.82, 2.24) is 24.5 Å². The zero-order valence-corrected chi connectivity index (χ0v) is 19.8. The Hall–Kier alpha value is -3.28. The van der Waals surface area contributed by atoms with Gasteiger partial charge in [-0.1, -0.05) is 12.1 Å². The van der Waals surface area contributed by atoms with Gasteiger partial charge in [0.15, 0.2) is 11.5 Å². The largest absolute Gasteiger partial charge is 0.491 e. The smallest absolute Gasteiger partial charge is 0.408 e. The van der Waals surface area contributed by atoms with Gasteiger partial charge in [0.25, 0.3) is 0 Å². The average Bonchev–Trinajstić information content (AvgIpc) is 3.46. The van der Waals surface area contributed by atoms with E-state index in [-0.39, 0.29) is 18.2 Å². The number of halogens is 3. The third kappa shape index (κ3) is 4.99. The van der Waals surface area contributed by atoms with Crippen molar-refractivity contribution in [1.29, 1.82) is 0 Å². The van der Waals surface area contributed by atoms with E-state index in [1.165, 1.54) is 17.2 Å². The molecular formula is C25H27F3N6O2. The Morgan fingerprint density at radius 1 is 1.11 bits per heavy atom. The first kappa shape index (κ1) is 24.4. The van der Waals surface area contributed by atoms with Crippen molar-refractivity contribution < 1.29 is 22.6 Å². The highest BCUT2D eigenvalue weighted by Crippen LogP contribution is 2.39. The van der Waals surface area contributed by atoms with Crippen molar-refractivity contribution >= 4 is 16.6 Å². The number of hydrogen-bond donors (Lipinski definition) is 1. The maximum Gasteiger partial charge on any atom is 0.408 e. The van der Waals surface area contributed by atoms with Crippen LogP contribution in [0.2, 0.25) is 0 Å². The van der Waals surface area contributed by atoms with Gasteiger partial charge >= 0.3 is 6.18 Å². The number of benzene rings is 1. The predicted octanol–water partition coefficient (Wildman–Crippen LogP) is 4.00. The molecule has 0 spiro atoms. The van der Waals surface area contributed by atoms with E-state index in [0.29, 0.717) is 61.2 Å². The summed E-state index contributed by atoms with van der Waals surface area (Å²) in [6.45, 7) is 3.92. The van der Waals surface area contributed by atoms with Crippen LogP contribution in [-0.4, -0.2) is 69.6 Å². The van der Waals surface area contributed by atoms with Crippen LogP contribution in [0.25, 0.3) is 28.1 Å². The van der Waals surface area contributed by atoms with E-state index in [1.807, 2.05) is 31.2 Å². The standard InChI is InChI=1S/C25H27F3N6O2/c1-2-35-11-12-36-19-6-3-16-4-7-20(30-21(16)13-19)24-32-31-22-8-5-17(14-34(22)24)23(25(26,27)28)33-10-9-18(29)15-33/h3-8,13-14,18,23H,2,9-12,15,29H2,1H3. The molecule has 0 saturated carbocycles. The fourth-order valence-electron chi connectivity index (χ4n) is 4.57. The fraction of sp³-hybridized carbons (Fsp3) is 0.400. The van der Waals surface area contributed by atoms with Crippen molar-refractivity contribution in [3.63, 3.8) is 0 Å². The molecule has 0 amide bonds. The number of hydrogen-bond acceptors (Lipinski definition) is 7. The number of fused-ring (bicyclic) bond motifs is 2. The molecule has 4 aromatic rings. The summed E-state index contributed by atoms with van der Waals surface area (Å²) in [6, 6.07) is 10.2. The first-order valence-electron chi connectivity index (χ1n) is 11.9. The van der Waals surface area contributed by atoms with Crippen molar-refractivity contribution in [3.8, 4) is 17.3 Å². The lowest BCUT2D eigenvalue weighted by atomic mass is 10.1. The van der Waals surface area contributed by atoms with E-state index in [4.69, 9.17) is 20.2 Å². The van der Waals surface area contributed by atoms with Crippen LogP contribution >= 0.6 is 0 Å². The molecule has 2 N–H and O–H groups in total. The highest BCUT2D eigenvalue weighted by atomic mass is 19.4. The Balaban J connectivity index is 1.49. The normalized spacial score (nSPS) is 17.8. The van der Waals surface area contributed by atoms with Crippen molar-refractivity contribution in [2.24, 2.45) is 5.73 Å². The quantitative estimate of drug-likeness (QED) is 0.366. The third-order valence-corrected chi connectivity index (χ3v) is 6.27. The van der Waals surface area contributed by atoms with Crippen molar-refractivity contribution in [3.05, 3.63) is 54.2 Å². The topological polar surface area (TPSA) is 90.8 Å². The van der Waals surface area contributed by atoms with Crippen LogP contribution in [0.1, 0.15) is 24.9 Å². The predicted molar refractivity (Wildman–Crippen MR) is 129 cm³/mol. The molecule has 190 valence electrons. The Morgan fingerprint density at radius 3 is 2.69 bits per heavy atom. The van der Waals surface area contributed by atoms with E-state index in [0.717, 1.165) is 5.39 Å². The summed E-state index contributed by atoms with van der Waals surface area (Å²) < 4.78 is 55.0. The maximum atomic E-state index is 14.1. The molecule has 2 unspecified atom stereocenters. The number of aromatic nitrogens is 4. The molecule has 1 fully saturated rings. The highest BCUT2D eigenvalue weighted by Gasteiger charge is 2.46. The monoisotopic (exact) mass is 500 g/mol. The number of nitrogens with two attached hydrogens (primary N) is 1. The van der Waals surface area contributed by atoms with Gasteiger partial charge in [-0.2, -0.15) is 13.2 Å². The first-order valence-corrected chi connectivity index (χ1v) is 11.9. The second-order valence-corrected chi connectivity index (χ2v) is 8.80. The summed E-state index contributed by atoms with van der Waals surface area (Å²) >= 11 is 0. The average molecular weight is 501 g/mol. The van der Waals surface area contributed by atoms with Gasteiger partial charge in [-0.15, -0.1) is 10.2 Å². The molecule has 8 nitrogen and oxygen atoms in total. The van der Waals surface area contributed by atoms with E-state index in [2.05, 4.69) is 10.2 Å². The van der Waals surface area contributed by atoms with Crippen LogP contribution in [0.5, 0.6) is 5.75 Å². The minimum atomic E-state index is -4.45. The molecule has 0 radical (unpaired) electrons. The second kappa shape index (κ2) is 10.00. The lowest BCUT2D eigenvalue weighted by Crippen LogP contribution is -2.38. The summed E-state index contributed by atoms with van der Waals surface area (Å²) in [6.07, 6.45) is -2.47. The molecule has 2 atom stereocenters. The van der Waals surface area contributed by atoms with Gasteiger partial charge in [0.1, 0.15) is 24.1 Å². The maximum absolute atomic E-state index is 14.1. The molecule has 1 aliphatic rings. The molecule has 1 saturated heterocycles. The van der Waals surface area contributed by atoms with Crippen LogP contribution in [0, 0.1) is 0 Å². The summed E-state index contributed by atoms with van der Waals surface area (Å²) in [5, 5.41) is 9.26. The second-order valence-electron chi connectivity index (χ2n) is 8.80. The molecule has 36 heavy (non-hydrogen) atoms. The summed E-state index contributed by atoms with van der Waals surface area (Å²) in [7, 11) is 0. The number of ether oxygens (including phenoxy) is 2. The van der Waals surface area contributed by atoms with Gasteiger partial charge in [-0.3, -0.25) is 9.30 Å². The molecular weight excluding hydrogens is 473 g/mol. The van der Waals surface area contributed by atoms with Crippen LogP contribution in [0.4, 0.5) is 13.2 Å². The number of nitrogens with zero attached hydrogens (tertiary/aromatic N) is 5. The van der Waals surface area contributed by atoms with Crippen LogP contribution in [0.3, 0.4) is 0 Å². The van der Waals surface area contributed by atoms with Crippen LogP contribution in [-0.2, 0) is 4.74 Å². The molecule has 3 aromatic heterocycles. The molecule has 11 heteroatoms. The fourth-order valence-corrected chi connectivity index (χ4v) is 4.57. The molecule has 0 aliphatic carbocycles. The summed E-state index contributed by atoms with van der Waals surface area (Å²) in [5.41, 5.74) is 7.60. The first-order chi connectivity index (χ1) is 17.3. The Kier molecular flexibility index (Phi) is 6.78. The molecule has 5 rings (SSSR count). The van der Waals surface area contributed by atoms with Gasteiger partial charge in [-0.05, 0) is 43.2 Å². The Bertz CT molecular complexity index is 1360. The van der Waals surface area contributed by atoms with Crippen LogP contribution in [0.15, 0.2) is 48.7 Å². The number of alkyl halides is 3. The van der Waals surface area contributed by atoms with Gasteiger partial charge < -0.3 is 15.2 Å². The van der Waals surface area contributed by atoms with E-state index >= 15 is 0 Å². The molecule has 4 heterocycles. The molecule has 1 aromatic carbocycles.